The number of amides is 2. The molecular formula is C23H24Cl2N2O3. The monoisotopic (exact) mass is 446 g/mol. The van der Waals surface area contributed by atoms with E-state index in [9.17, 15) is 9.59 Å². The molecule has 2 aromatic rings. The maximum absolute atomic E-state index is 13.6. The van der Waals surface area contributed by atoms with E-state index in [0.717, 1.165) is 11.1 Å². The number of alkyl halides is 1. The number of benzene rings is 2. The molecule has 1 aliphatic heterocycles. The predicted octanol–water partition coefficient (Wildman–Crippen LogP) is 4.37. The maximum atomic E-state index is 13.6. The number of hydrogen-bond acceptors (Lipinski definition) is 3. The molecule has 1 unspecified atom stereocenters. The molecule has 1 heterocycles. The Labute approximate surface area is 186 Å². The molecule has 0 aliphatic carbocycles. The number of ether oxygens (including phenoxy) is 1. The van der Waals surface area contributed by atoms with Crippen molar-refractivity contribution in [3.8, 4) is 0 Å². The lowest BCUT2D eigenvalue weighted by Gasteiger charge is -2.42. The Hall–Kier alpha value is -2.50. The van der Waals surface area contributed by atoms with E-state index in [1.165, 1.54) is 4.90 Å². The Balaban J connectivity index is 2.01. The van der Waals surface area contributed by atoms with Crippen molar-refractivity contribution < 1.29 is 14.3 Å². The van der Waals surface area contributed by atoms with Crippen molar-refractivity contribution in [2.75, 3.05) is 12.6 Å². The van der Waals surface area contributed by atoms with Crippen LogP contribution in [0.4, 0.5) is 0 Å². The first-order valence-corrected chi connectivity index (χ1v) is 10.6. The second kappa shape index (κ2) is 9.54. The predicted molar refractivity (Wildman–Crippen MR) is 119 cm³/mol. The number of carbonyl (C=O) groups is 2. The van der Waals surface area contributed by atoms with Gasteiger partial charge >= 0.3 is 0 Å². The van der Waals surface area contributed by atoms with Crippen molar-refractivity contribution >= 4 is 40.6 Å². The van der Waals surface area contributed by atoms with Gasteiger partial charge in [-0.25, -0.2) is 0 Å². The average molecular weight is 447 g/mol. The Bertz CT molecular complexity index is 962. The molecule has 2 amide bonds. The summed E-state index contributed by atoms with van der Waals surface area (Å²) in [6.45, 7) is 1.59. The Morgan fingerprint density at radius 2 is 1.93 bits per heavy atom. The first-order chi connectivity index (χ1) is 14.4. The fraction of sp³-hybridized carbons (Fsp3) is 0.304. The zero-order valence-corrected chi connectivity index (χ0v) is 18.2. The normalized spacial score (nSPS) is 16.2. The van der Waals surface area contributed by atoms with Crippen molar-refractivity contribution in [2.45, 2.75) is 31.7 Å². The fourth-order valence-corrected chi connectivity index (χ4v) is 3.91. The minimum Gasteiger partial charge on any atom is -0.476 e. The minimum atomic E-state index is -1.29. The standard InChI is InChI=1S/C23H24Cl2N2O3/c1-23(22(26)29,14-16-7-5-10-18(25)13-16)27-15-30-19(11-6-12-24)20(21(27)28)17-8-3-2-4-9-17/h2-5,7-10,13H,6,11-12,14-15H2,1H3,(H2,26,29). The van der Waals surface area contributed by atoms with Gasteiger partial charge in [0.05, 0.1) is 5.57 Å². The van der Waals surface area contributed by atoms with Crippen LogP contribution in [0.5, 0.6) is 0 Å². The van der Waals surface area contributed by atoms with Crippen molar-refractivity contribution in [1.29, 1.82) is 0 Å². The van der Waals surface area contributed by atoms with Gasteiger partial charge in [-0.15, -0.1) is 11.6 Å². The molecule has 0 bridgehead atoms. The lowest BCUT2D eigenvalue weighted by Crippen LogP contribution is -2.60. The largest absolute Gasteiger partial charge is 0.476 e. The molecule has 7 heteroatoms. The quantitative estimate of drug-likeness (QED) is 0.611. The summed E-state index contributed by atoms with van der Waals surface area (Å²) < 4.78 is 5.98. The van der Waals surface area contributed by atoms with Gasteiger partial charge in [0.25, 0.3) is 5.91 Å². The Morgan fingerprint density at radius 3 is 2.57 bits per heavy atom. The molecule has 0 aromatic heterocycles. The average Bonchev–Trinajstić information content (AvgIpc) is 2.72. The highest BCUT2D eigenvalue weighted by Gasteiger charge is 2.45. The number of halogens is 2. The topological polar surface area (TPSA) is 72.6 Å². The van der Waals surface area contributed by atoms with Crippen LogP contribution >= 0.6 is 23.2 Å². The molecule has 0 radical (unpaired) electrons. The van der Waals surface area contributed by atoms with Crippen molar-refractivity contribution in [3.63, 3.8) is 0 Å². The Morgan fingerprint density at radius 1 is 1.20 bits per heavy atom. The number of rotatable bonds is 8. The minimum absolute atomic E-state index is 0.0627. The molecule has 0 saturated carbocycles. The summed E-state index contributed by atoms with van der Waals surface area (Å²) in [6, 6.07) is 16.4. The molecule has 30 heavy (non-hydrogen) atoms. The molecule has 2 aromatic carbocycles. The summed E-state index contributed by atoms with van der Waals surface area (Å²) in [4.78, 5) is 27.6. The van der Waals surface area contributed by atoms with Gasteiger partial charge < -0.3 is 10.5 Å². The van der Waals surface area contributed by atoms with Gasteiger partial charge in [-0.2, -0.15) is 0 Å². The summed E-state index contributed by atoms with van der Waals surface area (Å²) in [7, 11) is 0. The number of carbonyl (C=O) groups excluding carboxylic acids is 2. The van der Waals surface area contributed by atoms with E-state index in [-0.39, 0.29) is 19.1 Å². The summed E-state index contributed by atoms with van der Waals surface area (Å²) in [5, 5.41) is 0.550. The van der Waals surface area contributed by atoms with Gasteiger partial charge in [0.15, 0.2) is 6.73 Å². The van der Waals surface area contributed by atoms with Gasteiger partial charge in [0.2, 0.25) is 5.91 Å². The third-order valence-corrected chi connectivity index (χ3v) is 5.77. The number of nitrogens with zero attached hydrogens (tertiary/aromatic N) is 1. The van der Waals surface area contributed by atoms with E-state index in [2.05, 4.69) is 0 Å². The third kappa shape index (κ3) is 4.63. The molecule has 2 N–H and O–H groups in total. The first-order valence-electron chi connectivity index (χ1n) is 9.70. The van der Waals surface area contributed by atoms with Crippen LogP contribution in [0.3, 0.4) is 0 Å². The Kier molecular flexibility index (Phi) is 7.06. The number of nitrogens with two attached hydrogens (primary N) is 1. The number of hydrogen-bond donors (Lipinski definition) is 1. The lowest BCUT2D eigenvalue weighted by molar-refractivity contribution is -0.149. The van der Waals surface area contributed by atoms with Crippen molar-refractivity contribution in [1.82, 2.24) is 4.90 Å². The van der Waals surface area contributed by atoms with Crippen molar-refractivity contribution in [3.05, 3.63) is 76.5 Å². The van der Waals surface area contributed by atoms with Gasteiger partial charge in [-0.05, 0) is 36.6 Å². The number of primary amides is 1. The highest BCUT2D eigenvalue weighted by Crippen LogP contribution is 2.34. The number of allylic oxidation sites excluding steroid dienone is 1. The summed E-state index contributed by atoms with van der Waals surface area (Å²) >= 11 is 12.0. The van der Waals surface area contributed by atoms with Crippen molar-refractivity contribution in [2.24, 2.45) is 5.73 Å². The van der Waals surface area contributed by atoms with Crippen LogP contribution in [0.2, 0.25) is 5.02 Å². The molecule has 3 rings (SSSR count). The van der Waals surface area contributed by atoms with E-state index < -0.39 is 11.4 Å². The van der Waals surface area contributed by atoms with E-state index in [4.69, 9.17) is 33.7 Å². The van der Waals surface area contributed by atoms with Crippen LogP contribution in [-0.2, 0) is 20.7 Å². The summed E-state index contributed by atoms with van der Waals surface area (Å²) in [5.41, 5.74) is 6.47. The van der Waals surface area contributed by atoms with E-state index in [1.54, 1.807) is 25.1 Å². The molecule has 1 aliphatic rings. The summed E-state index contributed by atoms with van der Waals surface area (Å²) in [6.07, 6.45) is 1.43. The lowest BCUT2D eigenvalue weighted by atomic mass is 9.88. The molecular weight excluding hydrogens is 423 g/mol. The third-order valence-electron chi connectivity index (χ3n) is 5.27. The van der Waals surface area contributed by atoms with Crippen LogP contribution in [0.15, 0.2) is 60.4 Å². The van der Waals surface area contributed by atoms with E-state index >= 15 is 0 Å². The second-order valence-electron chi connectivity index (χ2n) is 7.41. The molecule has 0 fully saturated rings. The van der Waals surface area contributed by atoms with Gasteiger partial charge in [0, 0.05) is 23.7 Å². The van der Waals surface area contributed by atoms with Crippen LogP contribution in [0.25, 0.3) is 5.57 Å². The second-order valence-corrected chi connectivity index (χ2v) is 8.22. The van der Waals surface area contributed by atoms with Crippen LogP contribution in [0.1, 0.15) is 30.9 Å². The molecule has 5 nitrogen and oxygen atoms in total. The van der Waals surface area contributed by atoms with Crippen LogP contribution in [-0.4, -0.2) is 34.9 Å². The van der Waals surface area contributed by atoms with E-state index in [1.807, 2.05) is 36.4 Å². The molecule has 0 spiro atoms. The first kappa shape index (κ1) is 22.2. The molecule has 1 atom stereocenters. The van der Waals surface area contributed by atoms with Crippen LogP contribution < -0.4 is 5.73 Å². The van der Waals surface area contributed by atoms with Gasteiger partial charge in [0.1, 0.15) is 11.3 Å². The smallest absolute Gasteiger partial charge is 0.261 e. The maximum Gasteiger partial charge on any atom is 0.261 e. The highest BCUT2D eigenvalue weighted by molar-refractivity contribution is 6.30. The molecule has 158 valence electrons. The van der Waals surface area contributed by atoms with Gasteiger partial charge in [-0.3, -0.25) is 14.5 Å². The van der Waals surface area contributed by atoms with Crippen LogP contribution in [0, 0.1) is 0 Å². The highest BCUT2D eigenvalue weighted by atomic mass is 35.5. The fourth-order valence-electron chi connectivity index (χ4n) is 3.57. The van der Waals surface area contributed by atoms with Gasteiger partial charge in [-0.1, -0.05) is 54.1 Å². The SMILES string of the molecule is CC(Cc1cccc(Cl)c1)(C(N)=O)N1COC(CCCCl)=C(c2ccccc2)C1=O. The zero-order chi connectivity index (χ0) is 21.7. The van der Waals surface area contributed by atoms with E-state index in [0.29, 0.717) is 35.1 Å². The molecule has 0 saturated heterocycles. The summed E-state index contributed by atoms with van der Waals surface area (Å²) in [5.74, 6) is 0.134. The zero-order valence-electron chi connectivity index (χ0n) is 16.7.